The quantitative estimate of drug-likeness (QED) is 0.816. The Balaban J connectivity index is 2.25. The third-order valence-electron chi connectivity index (χ3n) is 2.85. The van der Waals surface area contributed by atoms with Gasteiger partial charge in [0.15, 0.2) is 0 Å². The summed E-state index contributed by atoms with van der Waals surface area (Å²) in [5.41, 5.74) is 3.94. The summed E-state index contributed by atoms with van der Waals surface area (Å²) in [4.78, 5) is 0. The molecule has 3 heteroatoms. The van der Waals surface area contributed by atoms with Crippen LogP contribution in [0.1, 0.15) is 31.7 Å². The fourth-order valence-electron chi connectivity index (χ4n) is 1.95. The third kappa shape index (κ3) is 2.29. The highest BCUT2D eigenvalue weighted by Crippen LogP contribution is 2.14. The van der Waals surface area contributed by atoms with E-state index in [-0.39, 0.29) is 0 Å². The summed E-state index contributed by atoms with van der Waals surface area (Å²) in [6.07, 6.45) is 4.48. The van der Waals surface area contributed by atoms with Gasteiger partial charge in [0.05, 0.1) is 11.4 Å². The second-order valence-electron chi connectivity index (χ2n) is 3.96. The van der Waals surface area contributed by atoms with Crippen LogP contribution in [0.5, 0.6) is 0 Å². The monoisotopic (exact) mass is 205 g/mol. The zero-order chi connectivity index (χ0) is 10.7. The van der Waals surface area contributed by atoms with Crippen LogP contribution in [0, 0.1) is 0 Å². The smallest absolute Gasteiger partial charge is 0.0628 e. The van der Waals surface area contributed by atoms with Gasteiger partial charge in [-0.3, -0.25) is 4.68 Å². The number of nitrogens with one attached hydrogen (secondary N) is 1. The van der Waals surface area contributed by atoms with Crippen LogP contribution >= 0.6 is 0 Å². The van der Waals surface area contributed by atoms with Gasteiger partial charge in [0.2, 0.25) is 0 Å². The van der Waals surface area contributed by atoms with Crippen molar-refractivity contribution >= 4 is 6.08 Å². The van der Waals surface area contributed by atoms with Gasteiger partial charge in [-0.1, -0.05) is 12.5 Å². The Morgan fingerprint density at radius 3 is 3.00 bits per heavy atom. The Morgan fingerprint density at radius 1 is 1.53 bits per heavy atom. The van der Waals surface area contributed by atoms with Crippen molar-refractivity contribution in [2.24, 2.45) is 0 Å². The minimum absolute atomic E-state index is 0.951. The van der Waals surface area contributed by atoms with Gasteiger partial charge in [0, 0.05) is 13.1 Å². The van der Waals surface area contributed by atoms with Crippen LogP contribution in [0.15, 0.2) is 11.6 Å². The highest BCUT2D eigenvalue weighted by molar-refractivity contribution is 5.51. The van der Waals surface area contributed by atoms with Gasteiger partial charge in [-0.15, -0.1) is 0 Å². The summed E-state index contributed by atoms with van der Waals surface area (Å²) in [6, 6.07) is 2.20. The van der Waals surface area contributed by atoms with Crippen LogP contribution in [0.2, 0.25) is 0 Å². The summed E-state index contributed by atoms with van der Waals surface area (Å²) in [5.74, 6) is 0. The van der Waals surface area contributed by atoms with Crippen LogP contribution in [-0.2, 0) is 13.0 Å². The first-order chi connectivity index (χ1) is 7.33. The molecule has 0 spiro atoms. The molecule has 0 atom stereocenters. The van der Waals surface area contributed by atoms with Crippen LogP contribution in [-0.4, -0.2) is 22.9 Å². The minimum Gasteiger partial charge on any atom is -0.313 e. The maximum atomic E-state index is 4.54. The lowest BCUT2D eigenvalue weighted by Crippen LogP contribution is -2.05. The first kappa shape index (κ1) is 10.4. The molecule has 0 radical (unpaired) electrons. The molecule has 0 aromatic carbocycles. The van der Waals surface area contributed by atoms with E-state index in [4.69, 9.17) is 0 Å². The summed E-state index contributed by atoms with van der Waals surface area (Å²) in [6.45, 7) is 7.40. The average Bonchev–Trinajstić information content (AvgIpc) is 2.87. The van der Waals surface area contributed by atoms with E-state index >= 15 is 0 Å². The maximum absolute atomic E-state index is 4.54. The van der Waals surface area contributed by atoms with Crippen LogP contribution < -0.4 is 5.32 Å². The molecule has 1 aromatic heterocycles. The van der Waals surface area contributed by atoms with E-state index in [0.29, 0.717) is 0 Å². The van der Waals surface area contributed by atoms with Crippen molar-refractivity contribution in [1.82, 2.24) is 15.1 Å². The predicted octanol–water partition coefficient (Wildman–Crippen LogP) is 1.84. The lowest BCUT2D eigenvalue weighted by molar-refractivity contribution is 0.642. The maximum Gasteiger partial charge on any atom is 0.0628 e. The molecule has 0 aliphatic carbocycles. The van der Waals surface area contributed by atoms with Crippen molar-refractivity contribution in [3.8, 4) is 0 Å². The van der Waals surface area contributed by atoms with Crippen molar-refractivity contribution in [2.45, 2.75) is 33.2 Å². The number of aromatic nitrogens is 2. The molecule has 2 heterocycles. The minimum atomic E-state index is 0.951. The number of nitrogens with zero attached hydrogens (tertiary/aromatic N) is 2. The SMILES string of the molecule is CCc1cc(C=C2CCNC2)n(CC)n1. The molecule has 0 saturated carbocycles. The zero-order valence-corrected chi connectivity index (χ0v) is 9.58. The fraction of sp³-hybridized carbons (Fsp3) is 0.583. The Bertz CT molecular complexity index is 355. The predicted molar refractivity (Wildman–Crippen MR) is 62.7 cm³/mol. The molecule has 3 nitrogen and oxygen atoms in total. The molecular formula is C12H19N3. The van der Waals surface area contributed by atoms with Gasteiger partial charge in [0.1, 0.15) is 0 Å². The topological polar surface area (TPSA) is 29.9 Å². The highest BCUT2D eigenvalue weighted by Gasteiger charge is 2.08. The van der Waals surface area contributed by atoms with E-state index in [9.17, 15) is 0 Å². The van der Waals surface area contributed by atoms with E-state index in [0.717, 1.165) is 26.1 Å². The molecule has 1 saturated heterocycles. The molecular weight excluding hydrogens is 186 g/mol. The molecule has 1 aliphatic rings. The van der Waals surface area contributed by atoms with E-state index in [1.807, 2.05) is 0 Å². The van der Waals surface area contributed by atoms with Crippen molar-refractivity contribution in [3.05, 3.63) is 23.0 Å². The Morgan fingerprint density at radius 2 is 2.40 bits per heavy atom. The van der Waals surface area contributed by atoms with Crippen molar-refractivity contribution < 1.29 is 0 Å². The summed E-state index contributed by atoms with van der Waals surface area (Å²) < 4.78 is 2.09. The Labute approximate surface area is 91.2 Å². The van der Waals surface area contributed by atoms with Crippen molar-refractivity contribution in [3.63, 3.8) is 0 Å². The highest BCUT2D eigenvalue weighted by atomic mass is 15.3. The van der Waals surface area contributed by atoms with Crippen molar-refractivity contribution in [2.75, 3.05) is 13.1 Å². The standard InChI is InChI=1S/C12H19N3/c1-3-11-8-12(15(4-2)14-11)7-10-5-6-13-9-10/h7-8,13H,3-6,9H2,1-2H3. The molecule has 1 aromatic rings. The molecule has 82 valence electrons. The zero-order valence-electron chi connectivity index (χ0n) is 9.58. The summed E-state index contributed by atoms with van der Waals surface area (Å²) in [7, 11) is 0. The molecule has 1 N–H and O–H groups in total. The molecule has 0 unspecified atom stereocenters. The third-order valence-corrected chi connectivity index (χ3v) is 2.85. The van der Waals surface area contributed by atoms with Crippen LogP contribution in [0.4, 0.5) is 0 Å². The molecule has 0 bridgehead atoms. The Kier molecular flexibility index (Phi) is 3.21. The largest absolute Gasteiger partial charge is 0.313 e. The number of aryl methyl sites for hydroxylation is 2. The fourth-order valence-corrected chi connectivity index (χ4v) is 1.95. The molecule has 15 heavy (non-hydrogen) atoms. The van der Waals surface area contributed by atoms with E-state index in [1.54, 1.807) is 0 Å². The normalized spacial score (nSPS) is 18.9. The van der Waals surface area contributed by atoms with Gasteiger partial charge in [-0.2, -0.15) is 5.10 Å². The number of rotatable bonds is 3. The first-order valence-electron chi connectivity index (χ1n) is 5.80. The average molecular weight is 205 g/mol. The molecule has 0 amide bonds. The van der Waals surface area contributed by atoms with E-state index < -0.39 is 0 Å². The Hall–Kier alpha value is -1.09. The molecule has 1 aliphatic heterocycles. The van der Waals surface area contributed by atoms with Crippen LogP contribution in [0.3, 0.4) is 0 Å². The first-order valence-corrected chi connectivity index (χ1v) is 5.80. The van der Waals surface area contributed by atoms with Crippen molar-refractivity contribution in [1.29, 1.82) is 0 Å². The number of hydrogen-bond acceptors (Lipinski definition) is 2. The van der Waals surface area contributed by atoms with Gasteiger partial charge in [0.25, 0.3) is 0 Å². The molecule has 1 fully saturated rings. The van der Waals surface area contributed by atoms with E-state index in [2.05, 4.69) is 41.1 Å². The summed E-state index contributed by atoms with van der Waals surface area (Å²) >= 11 is 0. The molecule has 2 rings (SSSR count). The van der Waals surface area contributed by atoms with Gasteiger partial charge < -0.3 is 5.32 Å². The van der Waals surface area contributed by atoms with Gasteiger partial charge in [-0.25, -0.2) is 0 Å². The second kappa shape index (κ2) is 4.62. The van der Waals surface area contributed by atoms with Gasteiger partial charge >= 0.3 is 0 Å². The number of hydrogen-bond donors (Lipinski definition) is 1. The lowest BCUT2D eigenvalue weighted by atomic mass is 10.2. The van der Waals surface area contributed by atoms with Gasteiger partial charge in [-0.05, 0) is 38.5 Å². The lowest BCUT2D eigenvalue weighted by Gasteiger charge is -2.00. The van der Waals surface area contributed by atoms with Crippen LogP contribution in [0.25, 0.3) is 6.08 Å². The van der Waals surface area contributed by atoms with E-state index in [1.165, 1.54) is 23.4 Å². The second-order valence-corrected chi connectivity index (χ2v) is 3.96. The summed E-state index contributed by atoms with van der Waals surface area (Å²) in [5, 5.41) is 7.89.